The van der Waals surface area contributed by atoms with Crippen LogP contribution in [0, 0.1) is 0 Å². The summed E-state index contributed by atoms with van der Waals surface area (Å²) in [6.45, 7) is 4.50. The Bertz CT molecular complexity index is 764. The average Bonchev–Trinajstić information content (AvgIpc) is 2.43. The fraction of sp³-hybridized carbons (Fsp3) is 0.667. The van der Waals surface area contributed by atoms with E-state index >= 15 is 0 Å². The average molecular weight is 316 g/mol. The minimum Gasteiger partial charge on any atom is -0.311 e. The molecule has 1 aromatic heterocycles. The highest BCUT2D eigenvalue weighted by atomic mass is 32.2. The summed E-state index contributed by atoms with van der Waals surface area (Å²) in [7, 11) is -1.24. The SMILES string of the molecule is CC1NCCN(S(=O)(=O)c2cn(C)c(=O)n(C)c2=O)C1C. The first-order chi connectivity index (χ1) is 9.67. The lowest BCUT2D eigenvalue weighted by molar-refractivity contribution is 0.232. The zero-order chi connectivity index (χ0) is 15.9. The van der Waals surface area contributed by atoms with Gasteiger partial charge in [0.2, 0.25) is 10.0 Å². The molecule has 2 heterocycles. The monoisotopic (exact) mass is 316 g/mol. The molecule has 2 unspecified atom stereocenters. The fourth-order valence-corrected chi connectivity index (χ4v) is 4.30. The molecule has 0 spiro atoms. The molecule has 1 N–H and O–H groups in total. The van der Waals surface area contributed by atoms with E-state index in [-0.39, 0.29) is 17.0 Å². The maximum atomic E-state index is 12.7. The van der Waals surface area contributed by atoms with E-state index in [0.29, 0.717) is 13.1 Å². The minimum atomic E-state index is -3.94. The van der Waals surface area contributed by atoms with Gasteiger partial charge >= 0.3 is 5.69 Å². The second-order valence-electron chi connectivity index (χ2n) is 5.35. The van der Waals surface area contributed by atoms with Crippen LogP contribution in [0.2, 0.25) is 0 Å². The molecule has 21 heavy (non-hydrogen) atoms. The Labute approximate surface area is 123 Å². The maximum absolute atomic E-state index is 12.7. The Balaban J connectivity index is 2.60. The molecule has 118 valence electrons. The Kier molecular flexibility index (Phi) is 4.09. The highest BCUT2D eigenvalue weighted by molar-refractivity contribution is 7.89. The van der Waals surface area contributed by atoms with E-state index in [9.17, 15) is 18.0 Å². The first kappa shape index (κ1) is 15.9. The van der Waals surface area contributed by atoms with E-state index in [1.54, 1.807) is 6.92 Å². The smallest absolute Gasteiger partial charge is 0.311 e. The highest BCUT2D eigenvalue weighted by Crippen LogP contribution is 2.18. The van der Waals surface area contributed by atoms with Crippen LogP contribution in [0.3, 0.4) is 0 Å². The van der Waals surface area contributed by atoms with Crippen molar-refractivity contribution >= 4 is 10.0 Å². The standard InChI is InChI=1S/C12H20N4O4S/c1-8-9(2)16(6-5-13-8)21(19,20)10-7-14(3)12(18)15(4)11(10)17/h7-9,13H,5-6H2,1-4H3. The van der Waals surface area contributed by atoms with Gasteiger partial charge in [0.1, 0.15) is 0 Å². The first-order valence-electron chi connectivity index (χ1n) is 6.70. The number of hydrogen-bond acceptors (Lipinski definition) is 5. The fourth-order valence-electron chi connectivity index (χ4n) is 2.44. The van der Waals surface area contributed by atoms with Gasteiger partial charge in [0.25, 0.3) is 5.56 Å². The Morgan fingerprint density at radius 3 is 2.48 bits per heavy atom. The van der Waals surface area contributed by atoms with Gasteiger partial charge in [-0.25, -0.2) is 13.2 Å². The van der Waals surface area contributed by atoms with Crippen molar-refractivity contribution in [1.29, 1.82) is 0 Å². The van der Waals surface area contributed by atoms with Crippen LogP contribution in [-0.2, 0) is 24.1 Å². The normalized spacial score (nSPS) is 24.2. The largest absolute Gasteiger partial charge is 0.330 e. The Morgan fingerprint density at radius 2 is 1.86 bits per heavy atom. The summed E-state index contributed by atoms with van der Waals surface area (Å²) in [5.74, 6) is 0. The van der Waals surface area contributed by atoms with Gasteiger partial charge in [-0.1, -0.05) is 0 Å². The van der Waals surface area contributed by atoms with Crippen LogP contribution < -0.4 is 16.6 Å². The third-order valence-corrected chi connectivity index (χ3v) is 5.95. The Hall–Kier alpha value is -1.45. The van der Waals surface area contributed by atoms with Crippen molar-refractivity contribution in [2.75, 3.05) is 13.1 Å². The van der Waals surface area contributed by atoms with Crippen LogP contribution in [0.25, 0.3) is 0 Å². The van der Waals surface area contributed by atoms with Crippen LogP contribution in [0.15, 0.2) is 20.7 Å². The van der Waals surface area contributed by atoms with E-state index in [1.165, 1.54) is 18.4 Å². The van der Waals surface area contributed by atoms with Gasteiger partial charge in [0.15, 0.2) is 4.90 Å². The lowest BCUT2D eigenvalue weighted by atomic mass is 10.1. The predicted octanol–water partition coefficient (Wildman–Crippen LogP) is -1.55. The predicted molar refractivity (Wildman–Crippen MR) is 77.7 cm³/mol. The molecule has 0 aromatic carbocycles. The summed E-state index contributed by atoms with van der Waals surface area (Å²) in [6.07, 6.45) is 1.10. The molecule has 9 heteroatoms. The molecule has 0 bridgehead atoms. The molecule has 0 saturated carbocycles. The number of sulfonamides is 1. The molecule has 0 aliphatic carbocycles. The third-order valence-electron chi connectivity index (χ3n) is 3.98. The van der Waals surface area contributed by atoms with Gasteiger partial charge in [-0.15, -0.1) is 0 Å². The zero-order valence-corrected chi connectivity index (χ0v) is 13.3. The van der Waals surface area contributed by atoms with Gasteiger partial charge in [0.05, 0.1) is 0 Å². The molecule has 1 aliphatic heterocycles. The van der Waals surface area contributed by atoms with Gasteiger partial charge in [0, 0.05) is 45.5 Å². The highest BCUT2D eigenvalue weighted by Gasteiger charge is 2.36. The molecule has 1 fully saturated rings. The molecule has 1 aliphatic rings. The second-order valence-corrected chi connectivity index (χ2v) is 7.21. The zero-order valence-electron chi connectivity index (χ0n) is 12.5. The van der Waals surface area contributed by atoms with E-state index in [4.69, 9.17) is 0 Å². The third kappa shape index (κ3) is 2.56. The summed E-state index contributed by atoms with van der Waals surface area (Å²) >= 11 is 0. The number of aryl methyl sites for hydroxylation is 1. The molecule has 2 atom stereocenters. The van der Waals surface area contributed by atoms with E-state index in [1.807, 2.05) is 6.92 Å². The summed E-state index contributed by atoms with van der Waals surface area (Å²) in [6, 6.07) is -0.282. The van der Waals surface area contributed by atoms with Crippen LogP contribution >= 0.6 is 0 Å². The summed E-state index contributed by atoms with van der Waals surface area (Å²) in [5.41, 5.74) is -1.35. The van der Waals surface area contributed by atoms with Crippen LogP contribution in [0.1, 0.15) is 13.8 Å². The lowest BCUT2D eigenvalue weighted by Crippen LogP contribution is -2.57. The van der Waals surface area contributed by atoms with Crippen molar-refractivity contribution in [3.8, 4) is 0 Å². The molecular weight excluding hydrogens is 296 g/mol. The van der Waals surface area contributed by atoms with Crippen molar-refractivity contribution in [2.24, 2.45) is 14.1 Å². The first-order valence-corrected chi connectivity index (χ1v) is 8.14. The van der Waals surface area contributed by atoms with Crippen LogP contribution in [-0.4, -0.2) is 47.0 Å². The minimum absolute atomic E-state index is 0.00934. The number of rotatable bonds is 2. The quantitative estimate of drug-likeness (QED) is 0.713. The van der Waals surface area contributed by atoms with Crippen LogP contribution in [0.4, 0.5) is 0 Å². The van der Waals surface area contributed by atoms with E-state index in [0.717, 1.165) is 15.3 Å². The maximum Gasteiger partial charge on any atom is 0.330 e. The van der Waals surface area contributed by atoms with Gasteiger partial charge in [-0.05, 0) is 13.8 Å². The molecule has 1 aromatic rings. The molecular formula is C12H20N4O4S. The molecule has 0 amide bonds. The van der Waals surface area contributed by atoms with Crippen molar-refractivity contribution in [3.63, 3.8) is 0 Å². The van der Waals surface area contributed by atoms with Crippen molar-refractivity contribution in [1.82, 2.24) is 18.8 Å². The van der Waals surface area contributed by atoms with Crippen LogP contribution in [0.5, 0.6) is 0 Å². The van der Waals surface area contributed by atoms with Gasteiger partial charge < -0.3 is 9.88 Å². The molecule has 8 nitrogen and oxygen atoms in total. The molecule has 1 saturated heterocycles. The van der Waals surface area contributed by atoms with E-state index in [2.05, 4.69) is 5.32 Å². The van der Waals surface area contributed by atoms with Crippen molar-refractivity contribution in [3.05, 3.63) is 27.0 Å². The second kappa shape index (κ2) is 5.39. The summed E-state index contributed by atoms with van der Waals surface area (Å²) in [4.78, 5) is 23.4. The summed E-state index contributed by atoms with van der Waals surface area (Å²) in [5, 5.41) is 3.19. The van der Waals surface area contributed by atoms with Crippen molar-refractivity contribution in [2.45, 2.75) is 30.8 Å². The van der Waals surface area contributed by atoms with E-state index < -0.39 is 21.3 Å². The molecule has 2 rings (SSSR count). The van der Waals surface area contributed by atoms with Gasteiger partial charge in [-0.3, -0.25) is 9.36 Å². The topological polar surface area (TPSA) is 93.4 Å². The number of nitrogens with one attached hydrogen (secondary N) is 1. The lowest BCUT2D eigenvalue weighted by Gasteiger charge is -2.37. The number of hydrogen-bond donors (Lipinski definition) is 1. The summed E-state index contributed by atoms with van der Waals surface area (Å²) < 4.78 is 28.7. The molecule has 0 radical (unpaired) electrons. The number of nitrogens with zero attached hydrogens (tertiary/aromatic N) is 3. The Morgan fingerprint density at radius 1 is 1.24 bits per heavy atom. The number of piperazine rings is 1. The number of aromatic nitrogens is 2. The van der Waals surface area contributed by atoms with Gasteiger partial charge in [-0.2, -0.15) is 4.31 Å². The van der Waals surface area contributed by atoms with Crippen molar-refractivity contribution < 1.29 is 8.42 Å².